The summed E-state index contributed by atoms with van der Waals surface area (Å²) in [6, 6.07) is 11.7. The number of nitrogens with zero attached hydrogens (tertiary/aromatic N) is 1. The van der Waals surface area contributed by atoms with Gasteiger partial charge in [-0.05, 0) is 62.9 Å². The van der Waals surface area contributed by atoms with E-state index >= 15 is 0 Å². The SMILES string of the molecule is Cc1cccc(OCCNC(=O)CCCN(c2c(C)cc(C)cc2C)S(C)(=O)=O)c1. The molecule has 0 atom stereocenters. The summed E-state index contributed by atoms with van der Waals surface area (Å²) in [7, 11) is -3.45. The number of sulfonamides is 1. The maximum Gasteiger partial charge on any atom is 0.232 e. The minimum Gasteiger partial charge on any atom is -0.492 e. The Morgan fingerprint density at radius 3 is 2.30 bits per heavy atom. The third kappa shape index (κ3) is 7.06. The molecule has 0 radical (unpaired) electrons. The quantitative estimate of drug-likeness (QED) is 0.582. The Bertz CT molecular complexity index is 963. The third-order valence-corrected chi connectivity index (χ3v) is 5.90. The van der Waals surface area contributed by atoms with Gasteiger partial charge in [-0.1, -0.05) is 29.8 Å². The Morgan fingerprint density at radius 2 is 1.70 bits per heavy atom. The monoisotopic (exact) mass is 432 g/mol. The molecule has 1 N–H and O–H groups in total. The van der Waals surface area contributed by atoms with Gasteiger partial charge in [-0.15, -0.1) is 0 Å². The average Bonchev–Trinajstić information content (AvgIpc) is 2.62. The number of anilines is 1. The van der Waals surface area contributed by atoms with E-state index in [0.717, 1.165) is 28.0 Å². The van der Waals surface area contributed by atoms with E-state index in [1.165, 1.54) is 10.6 Å². The van der Waals surface area contributed by atoms with Crippen LogP contribution in [0.5, 0.6) is 5.75 Å². The summed E-state index contributed by atoms with van der Waals surface area (Å²) in [5.41, 5.74) is 4.74. The molecule has 2 rings (SSSR count). The number of hydrogen-bond acceptors (Lipinski definition) is 4. The van der Waals surface area contributed by atoms with E-state index in [9.17, 15) is 13.2 Å². The van der Waals surface area contributed by atoms with E-state index in [2.05, 4.69) is 5.32 Å². The number of aryl methyl sites for hydroxylation is 4. The lowest BCUT2D eigenvalue weighted by Gasteiger charge is -2.26. The third-order valence-electron chi connectivity index (χ3n) is 4.73. The second-order valence-electron chi connectivity index (χ2n) is 7.70. The molecule has 0 aliphatic rings. The summed E-state index contributed by atoms with van der Waals surface area (Å²) in [5, 5.41) is 2.82. The highest BCUT2D eigenvalue weighted by Crippen LogP contribution is 2.28. The van der Waals surface area contributed by atoms with Crippen LogP contribution < -0.4 is 14.4 Å². The number of ether oxygens (including phenoxy) is 1. The number of hydrogen-bond donors (Lipinski definition) is 1. The van der Waals surface area contributed by atoms with Crippen molar-refractivity contribution < 1.29 is 17.9 Å². The maximum atomic E-state index is 12.4. The average molecular weight is 433 g/mol. The fourth-order valence-corrected chi connectivity index (χ4v) is 4.63. The van der Waals surface area contributed by atoms with Gasteiger partial charge in [0.2, 0.25) is 15.9 Å². The highest BCUT2D eigenvalue weighted by Gasteiger charge is 2.21. The topological polar surface area (TPSA) is 75.7 Å². The summed E-state index contributed by atoms with van der Waals surface area (Å²) in [6.07, 6.45) is 1.89. The molecule has 0 heterocycles. The van der Waals surface area contributed by atoms with Crippen LogP contribution in [-0.2, 0) is 14.8 Å². The van der Waals surface area contributed by atoms with E-state index in [1.54, 1.807) is 0 Å². The highest BCUT2D eigenvalue weighted by molar-refractivity contribution is 7.92. The van der Waals surface area contributed by atoms with Crippen LogP contribution in [0, 0.1) is 27.7 Å². The molecule has 0 bridgehead atoms. The van der Waals surface area contributed by atoms with Crippen LogP contribution in [-0.4, -0.2) is 40.3 Å². The van der Waals surface area contributed by atoms with Crippen molar-refractivity contribution in [2.45, 2.75) is 40.5 Å². The Labute approximate surface area is 180 Å². The minimum atomic E-state index is -3.45. The summed E-state index contributed by atoms with van der Waals surface area (Å²) < 4.78 is 31.8. The zero-order valence-electron chi connectivity index (χ0n) is 18.5. The molecule has 0 spiro atoms. The van der Waals surface area contributed by atoms with Crippen LogP contribution in [0.3, 0.4) is 0 Å². The summed E-state index contributed by atoms with van der Waals surface area (Å²) in [6.45, 7) is 8.85. The van der Waals surface area contributed by atoms with Crippen molar-refractivity contribution >= 4 is 21.6 Å². The first-order valence-corrected chi connectivity index (χ1v) is 11.9. The second-order valence-corrected chi connectivity index (χ2v) is 9.61. The lowest BCUT2D eigenvalue weighted by atomic mass is 10.0. The van der Waals surface area contributed by atoms with Crippen LogP contribution >= 0.6 is 0 Å². The maximum absolute atomic E-state index is 12.4. The molecular weight excluding hydrogens is 400 g/mol. The molecule has 7 heteroatoms. The normalized spacial score (nSPS) is 11.2. The van der Waals surface area contributed by atoms with E-state index in [-0.39, 0.29) is 18.9 Å². The zero-order chi connectivity index (χ0) is 22.3. The molecule has 30 heavy (non-hydrogen) atoms. The minimum absolute atomic E-state index is 0.117. The van der Waals surface area contributed by atoms with Crippen molar-refractivity contribution in [3.8, 4) is 5.75 Å². The molecule has 0 saturated heterocycles. The van der Waals surface area contributed by atoms with Crippen molar-refractivity contribution in [1.29, 1.82) is 0 Å². The Hall–Kier alpha value is -2.54. The lowest BCUT2D eigenvalue weighted by molar-refractivity contribution is -0.121. The van der Waals surface area contributed by atoms with Gasteiger partial charge in [0.25, 0.3) is 0 Å². The van der Waals surface area contributed by atoms with Gasteiger partial charge in [0, 0.05) is 13.0 Å². The van der Waals surface area contributed by atoms with Crippen LogP contribution in [0.1, 0.15) is 35.1 Å². The van der Waals surface area contributed by atoms with Crippen molar-refractivity contribution in [1.82, 2.24) is 5.32 Å². The molecule has 0 aromatic heterocycles. The number of rotatable bonds is 10. The Kier molecular flexibility index (Phi) is 8.29. The van der Waals surface area contributed by atoms with Crippen molar-refractivity contribution in [3.63, 3.8) is 0 Å². The van der Waals surface area contributed by atoms with Gasteiger partial charge in [-0.2, -0.15) is 0 Å². The van der Waals surface area contributed by atoms with Gasteiger partial charge in [-0.3, -0.25) is 9.10 Å². The van der Waals surface area contributed by atoms with Gasteiger partial charge < -0.3 is 10.1 Å². The fraction of sp³-hybridized carbons (Fsp3) is 0.435. The lowest BCUT2D eigenvalue weighted by Crippen LogP contribution is -2.33. The van der Waals surface area contributed by atoms with E-state index in [1.807, 2.05) is 64.1 Å². The van der Waals surface area contributed by atoms with Gasteiger partial charge >= 0.3 is 0 Å². The molecule has 164 valence electrons. The predicted octanol–water partition coefficient (Wildman–Crippen LogP) is 3.66. The molecule has 2 aromatic rings. The summed E-state index contributed by atoms with van der Waals surface area (Å²) in [5.74, 6) is 0.658. The largest absolute Gasteiger partial charge is 0.492 e. The molecule has 0 saturated carbocycles. The molecule has 0 aliphatic carbocycles. The number of carbonyl (C=O) groups is 1. The second kappa shape index (κ2) is 10.5. The fourth-order valence-electron chi connectivity index (χ4n) is 3.55. The van der Waals surface area contributed by atoms with Crippen LogP contribution in [0.4, 0.5) is 5.69 Å². The Morgan fingerprint density at radius 1 is 1.03 bits per heavy atom. The molecule has 0 unspecified atom stereocenters. The first kappa shape index (κ1) is 23.7. The van der Waals surface area contributed by atoms with Crippen LogP contribution in [0.25, 0.3) is 0 Å². The molecule has 0 aliphatic heterocycles. The van der Waals surface area contributed by atoms with Crippen molar-refractivity contribution in [3.05, 3.63) is 58.7 Å². The van der Waals surface area contributed by atoms with Gasteiger partial charge in [-0.25, -0.2) is 8.42 Å². The van der Waals surface area contributed by atoms with E-state index in [0.29, 0.717) is 25.3 Å². The molecule has 0 fully saturated rings. The number of benzene rings is 2. The molecule has 6 nitrogen and oxygen atoms in total. The van der Waals surface area contributed by atoms with Crippen LogP contribution in [0.2, 0.25) is 0 Å². The standard InChI is InChI=1S/C23H32N2O4S/c1-17-8-6-9-21(16-17)29-13-11-24-22(26)10-7-12-25(30(5,27)28)23-19(3)14-18(2)15-20(23)4/h6,8-9,14-16H,7,10-13H2,1-5H3,(H,24,26). The highest BCUT2D eigenvalue weighted by atomic mass is 32.2. The molecular formula is C23H32N2O4S. The molecule has 2 aromatic carbocycles. The van der Waals surface area contributed by atoms with E-state index in [4.69, 9.17) is 4.74 Å². The number of amides is 1. The van der Waals surface area contributed by atoms with E-state index < -0.39 is 10.0 Å². The van der Waals surface area contributed by atoms with Crippen molar-refractivity contribution in [2.75, 3.05) is 30.3 Å². The van der Waals surface area contributed by atoms with Crippen LogP contribution in [0.15, 0.2) is 36.4 Å². The van der Waals surface area contributed by atoms with Gasteiger partial charge in [0.15, 0.2) is 0 Å². The first-order chi connectivity index (χ1) is 14.1. The summed E-state index contributed by atoms with van der Waals surface area (Å²) in [4.78, 5) is 12.1. The Balaban J connectivity index is 1.84. The van der Waals surface area contributed by atoms with Gasteiger partial charge in [0.05, 0.1) is 18.5 Å². The number of carbonyl (C=O) groups excluding carboxylic acids is 1. The zero-order valence-corrected chi connectivity index (χ0v) is 19.3. The number of nitrogens with one attached hydrogen (secondary N) is 1. The van der Waals surface area contributed by atoms with Crippen molar-refractivity contribution in [2.24, 2.45) is 0 Å². The first-order valence-electron chi connectivity index (χ1n) is 10.1. The summed E-state index contributed by atoms with van der Waals surface area (Å²) >= 11 is 0. The van der Waals surface area contributed by atoms with Gasteiger partial charge in [0.1, 0.15) is 12.4 Å². The molecule has 1 amide bonds. The smallest absolute Gasteiger partial charge is 0.232 e. The predicted molar refractivity (Wildman–Crippen MR) is 122 cm³/mol.